The molecule has 0 fully saturated rings. The molecule has 0 aromatic heterocycles. The van der Waals surface area contributed by atoms with E-state index in [0.29, 0.717) is 0 Å². The fourth-order valence-corrected chi connectivity index (χ4v) is 1.32. The molecule has 2 nitrogen and oxygen atoms in total. The Morgan fingerprint density at radius 1 is 1.29 bits per heavy atom. The third-order valence-corrected chi connectivity index (χ3v) is 2.10. The summed E-state index contributed by atoms with van der Waals surface area (Å²) in [4.78, 5) is 0. The van der Waals surface area contributed by atoms with Gasteiger partial charge in [0, 0.05) is 5.69 Å². The van der Waals surface area contributed by atoms with Gasteiger partial charge in [0.2, 0.25) is 0 Å². The highest BCUT2D eigenvalue weighted by molar-refractivity contribution is 5.47. The molecular formula is C12H19NO. The van der Waals surface area contributed by atoms with Crippen LogP contribution in [0.25, 0.3) is 0 Å². The third kappa shape index (κ3) is 3.04. The van der Waals surface area contributed by atoms with E-state index in [2.05, 4.69) is 38.2 Å². The van der Waals surface area contributed by atoms with Crippen molar-refractivity contribution in [1.82, 2.24) is 0 Å². The number of nitrogens with one attached hydrogen (secondary N) is 1. The van der Waals surface area contributed by atoms with Crippen LogP contribution in [0.5, 0.6) is 0 Å². The first kappa shape index (κ1) is 11.1. The van der Waals surface area contributed by atoms with Gasteiger partial charge >= 0.3 is 0 Å². The van der Waals surface area contributed by atoms with Gasteiger partial charge in [-0.25, -0.2) is 0 Å². The smallest absolute Gasteiger partial charge is 0.121 e. The fraction of sp³-hybridized carbons (Fsp3) is 0.500. The maximum absolute atomic E-state index is 9.19. The van der Waals surface area contributed by atoms with Crippen LogP contribution >= 0.6 is 0 Å². The molecule has 1 aromatic carbocycles. The molecular weight excluding hydrogens is 174 g/mol. The van der Waals surface area contributed by atoms with Crippen LogP contribution in [0.3, 0.4) is 0 Å². The topological polar surface area (TPSA) is 32.3 Å². The van der Waals surface area contributed by atoms with Gasteiger partial charge in [0.15, 0.2) is 0 Å². The summed E-state index contributed by atoms with van der Waals surface area (Å²) in [5.74, 6) is 0. The Hall–Kier alpha value is -1.02. The number of benzene rings is 1. The SMILES string of the molecule is CC(O)Nc1cccc(C(C)(C)C)c1. The minimum Gasteiger partial charge on any atom is -0.374 e. The van der Waals surface area contributed by atoms with Crippen molar-refractivity contribution < 1.29 is 5.11 Å². The summed E-state index contributed by atoms with van der Waals surface area (Å²) < 4.78 is 0. The lowest BCUT2D eigenvalue weighted by Crippen LogP contribution is -2.15. The summed E-state index contributed by atoms with van der Waals surface area (Å²) in [7, 11) is 0. The number of hydrogen-bond acceptors (Lipinski definition) is 2. The van der Waals surface area contributed by atoms with Gasteiger partial charge in [0.05, 0.1) is 0 Å². The molecule has 0 bridgehead atoms. The molecule has 0 spiro atoms. The van der Waals surface area contributed by atoms with Crippen LogP contribution in [0.2, 0.25) is 0 Å². The molecule has 2 N–H and O–H groups in total. The highest BCUT2D eigenvalue weighted by Crippen LogP contribution is 2.24. The number of aliphatic hydroxyl groups excluding tert-OH is 1. The summed E-state index contributed by atoms with van der Waals surface area (Å²) >= 11 is 0. The van der Waals surface area contributed by atoms with Crippen molar-refractivity contribution in [3.05, 3.63) is 29.8 Å². The Labute approximate surface area is 86.0 Å². The average molecular weight is 193 g/mol. The quantitative estimate of drug-likeness (QED) is 0.708. The van der Waals surface area contributed by atoms with Crippen LogP contribution in [-0.4, -0.2) is 11.3 Å². The summed E-state index contributed by atoms with van der Waals surface area (Å²) in [5.41, 5.74) is 2.38. The van der Waals surface area contributed by atoms with E-state index in [0.717, 1.165) is 5.69 Å². The average Bonchev–Trinajstić information content (AvgIpc) is 2.01. The summed E-state index contributed by atoms with van der Waals surface area (Å²) in [6.07, 6.45) is -0.509. The van der Waals surface area contributed by atoms with E-state index in [9.17, 15) is 5.11 Å². The molecule has 0 amide bonds. The van der Waals surface area contributed by atoms with E-state index in [-0.39, 0.29) is 5.41 Å². The first-order valence-electron chi connectivity index (χ1n) is 4.95. The van der Waals surface area contributed by atoms with E-state index >= 15 is 0 Å². The molecule has 78 valence electrons. The molecule has 0 saturated carbocycles. The fourth-order valence-electron chi connectivity index (χ4n) is 1.32. The lowest BCUT2D eigenvalue weighted by molar-refractivity contribution is 0.224. The number of hydrogen-bond donors (Lipinski definition) is 2. The Balaban J connectivity index is 2.90. The molecule has 1 rings (SSSR count). The Morgan fingerprint density at radius 3 is 2.43 bits per heavy atom. The zero-order valence-corrected chi connectivity index (χ0v) is 9.33. The first-order chi connectivity index (χ1) is 6.39. The number of rotatable bonds is 2. The first-order valence-corrected chi connectivity index (χ1v) is 4.95. The Kier molecular flexibility index (Phi) is 3.17. The number of anilines is 1. The second-order valence-corrected chi connectivity index (χ2v) is 4.65. The minimum absolute atomic E-state index is 0.149. The van der Waals surface area contributed by atoms with Gasteiger partial charge in [0.25, 0.3) is 0 Å². The van der Waals surface area contributed by atoms with Gasteiger partial charge in [-0.2, -0.15) is 0 Å². The van der Waals surface area contributed by atoms with Crippen molar-refractivity contribution in [2.45, 2.75) is 39.3 Å². The van der Waals surface area contributed by atoms with Gasteiger partial charge in [-0.1, -0.05) is 32.9 Å². The lowest BCUT2D eigenvalue weighted by atomic mass is 9.87. The van der Waals surface area contributed by atoms with Crippen molar-refractivity contribution in [2.75, 3.05) is 5.32 Å². The predicted octanol–water partition coefficient (Wildman–Crippen LogP) is 2.73. The zero-order valence-electron chi connectivity index (χ0n) is 9.33. The lowest BCUT2D eigenvalue weighted by Gasteiger charge is -2.20. The largest absolute Gasteiger partial charge is 0.374 e. The molecule has 0 radical (unpaired) electrons. The van der Waals surface area contributed by atoms with Crippen LogP contribution in [0.15, 0.2) is 24.3 Å². The van der Waals surface area contributed by atoms with Crippen molar-refractivity contribution >= 4 is 5.69 Å². The molecule has 0 aliphatic carbocycles. The molecule has 14 heavy (non-hydrogen) atoms. The Bertz CT molecular complexity index is 299. The normalized spacial score (nSPS) is 13.8. The van der Waals surface area contributed by atoms with Gasteiger partial charge in [0.1, 0.15) is 6.23 Å². The molecule has 0 saturated heterocycles. The molecule has 1 atom stereocenters. The maximum Gasteiger partial charge on any atom is 0.121 e. The van der Waals surface area contributed by atoms with Gasteiger partial charge in [-0.15, -0.1) is 0 Å². The second-order valence-electron chi connectivity index (χ2n) is 4.65. The van der Waals surface area contributed by atoms with Gasteiger partial charge < -0.3 is 10.4 Å². The van der Waals surface area contributed by atoms with E-state index in [1.54, 1.807) is 6.92 Å². The summed E-state index contributed by atoms with van der Waals surface area (Å²) in [6, 6.07) is 8.15. The number of aliphatic hydroxyl groups is 1. The molecule has 1 unspecified atom stereocenters. The predicted molar refractivity (Wildman–Crippen MR) is 60.4 cm³/mol. The molecule has 0 heterocycles. The van der Waals surface area contributed by atoms with E-state index < -0.39 is 6.23 Å². The molecule has 0 aliphatic rings. The summed E-state index contributed by atoms with van der Waals surface area (Å²) in [5, 5.41) is 12.2. The van der Waals surface area contributed by atoms with E-state index in [4.69, 9.17) is 0 Å². The van der Waals surface area contributed by atoms with Crippen LogP contribution in [-0.2, 0) is 5.41 Å². The third-order valence-electron chi connectivity index (χ3n) is 2.10. The summed E-state index contributed by atoms with van der Waals surface area (Å²) in [6.45, 7) is 8.24. The monoisotopic (exact) mass is 193 g/mol. The standard InChI is InChI=1S/C12H19NO/c1-9(14)13-11-7-5-6-10(8-11)12(2,3)4/h5-9,13-14H,1-4H3. The van der Waals surface area contributed by atoms with Crippen molar-refractivity contribution in [3.63, 3.8) is 0 Å². The van der Waals surface area contributed by atoms with Crippen molar-refractivity contribution in [2.24, 2.45) is 0 Å². The van der Waals surface area contributed by atoms with Gasteiger partial charge in [-0.05, 0) is 30.0 Å². The molecule has 1 aromatic rings. The molecule has 0 aliphatic heterocycles. The van der Waals surface area contributed by atoms with E-state index in [1.807, 2.05) is 12.1 Å². The van der Waals surface area contributed by atoms with Crippen LogP contribution in [0, 0.1) is 0 Å². The van der Waals surface area contributed by atoms with E-state index in [1.165, 1.54) is 5.56 Å². The minimum atomic E-state index is -0.509. The zero-order chi connectivity index (χ0) is 10.8. The maximum atomic E-state index is 9.19. The highest BCUT2D eigenvalue weighted by Gasteiger charge is 2.13. The van der Waals surface area contributed by atoms with Crippen LogP contribution in [0.1, 0.15) is 33.3 Å². The van der Waals surface area contributed by atoms with Crippen LogP contribution < -0.4 is 5.32 Å². The molecule has 2 heteroatoms. The van der Waals surface area contributed by atoms with Crippen molar-refractivity contribution in [3.8, 4) is 0 Å². The Morgan fingerprint density at radius 2 is 1.93 bits per heavy atom. The highest BCUT2D eigenvalue weighted by atomic mass is 16.3. The van der Waals surface area contributed by atoms with Crippen molar-refractivity contribution in [1.29, 1.82) is 0 Å². The second kappa shape index (κ2) is 4.01. The van der Waals surface area contributed by atoms with Crippen LogP contribution in [0.4, 0.5) is 5.69 Å². The van der Waals surface area contributed by atoms with Gasteiger partial charge in [-0.3, -0.25) is 0 Å².